The second-order valence-corrected chi connectivity index (χ2v) is 10.1. The van der Waals surface area contributed by atoms with Crippen LogP contribution in [0.4, 0.5) is 5.69 Å². The van der Waals surface area contributed by atoms with Gasteiger partial charge in [0.15, 0.2) is 23.0 Å². The standard InChI is InChI=1S/C26H32ClN5O3S/c1-5-7-8-19(6-2)16-34-22-14-9-17(3)15-23(22)35-36(33)31-21-12-10-20(11-13-21)25-28-26-24(27)18(4)29-32(26)30-25/h9-15,19,29,31H,5-8,16H2,1-4H3. The molecule has 0 saturated carbocycles. The molecule has 0 aliphatic carbocycles. The van der Waals surface area contributed by atoms with E-state index in [1.54, 1.807) is 16.8 Å². The summed E-state index contributed by atoms with van der Waals surface area (Å²) in [6.07, 6.45) is 4.55. The maximum absolute atomic E-state index is 12.8. The first-order valence-electron chi connectivity index (χ1n) is 12.2. The van der Waals surface area contributed by atoms with E-state index >= 15 is 0 Å². The van der Waals surface area contributed by atoms with E-state index in [1.165, 1.54) is 12.8 Å². The second kappa shape index (κ2) is 11.8. The van der Waals surface area contributed by atoms with Crippen molar-refractivity contribution in [1.29, 1.82) is 0 Å². The van der Waals surface area contributed by atoms with Crippen molar-refractivity contribution in [3.63, 3.8) is 0 Å². The number of halogens is 1. The molecule has 192 valence electrons. The number of aromatic amines is 1. The third-order valence-corrected chi connectivity index (χ3v) is 7.22. The number of unbranched alkanes of at least 4 members (excludes halogenated alkanes) is 1. The third kappa shape index (κ3) is 6.20. The average molecular weight is 530 g/mol. The summed E-state index contributed by atoms with van der Waals surface area (Å²) in [7, 11) is 0. The largest absolute Gasteiger partial charge is 0.489 e. The smallest absolute Gasteiger partial charge is 0.316 e. The number of hydrogen-bond acceptors (Lipinski definition) is 5. The molecule has 2 atom stereocenters. The second-order valence-electron chi connectivity index (χ2n) is 8.90. The molecular formula is C26H32ClN5O3S. The summed E-state index contributed by atoms with van der Waals surface area (Å²) in [6, 6.07) is 13.0. The number of fused-ring (bicyclic) bond motifs is 1. The molecule has 0 aliphatic rings. The quantitative estimate of drug-likeness (QED) is 0.214. The Morgan fingerprint density at radius 3 is 2.61 bits per heavy atom. The number of aryl methyl sites for hydroxylation is 2. The van der Waals surface area contributed by atoms with Gasteiger partial charge in [0.2, 0.25) is 0 Å². The van der Waals surface area contributed by atoms with Crippen LogP contribution in [-0.4, -0.2) is 30.6 Å². The van der Waals surface area contributed by atoms with E-state index in [1.807, 2.05) is 44.2 Å². The van der Waals surface area contributed by atoms with Crippen LogP contribution in [0.1, 0.15) is 50.8 Å². The number of ether oxygens (including phenoxy) is 1. The van der Waals surface area contributed by atoms with E-state index in [0.29, 0.717) is 46.2 Å². The van der Waals surface area contributed by atoms with E-state index < -0.39 is 11.3 Å². The van der Waals surface area contributed by atoms with Gasteiger partial charge in [-0.3, -0.25) is 9.82 Å². The number of nitrogens with one attached hydrogen (secondary N) is 2. The average Bonchev–Trinajstić information content (AvgIpc) is 3.39. The molecule has 36 heavy (non-hydrogen) atoms. The van der Waals surface area contributed by atoms with E-state index in [2.05, 4.69) is 33.8 Å². The maximum Gasteiger partial charge on any atom is 0.316 e. The predicted molar refractivity (Wildman–Crippen MR) is 145 cm³/mol. The first-order valence-corrected chi connectivity index (χ1v) is 13.6. The van der Waals surface area contributed by atoms with Crippen LogP contribution in [0.2, 0.25) is 5.02 Å². The van der Waals surface area contributed by atoms with Gasteiger partial charge >= 0.3 is 11.3 Å². The van der Waals surface area contributed by atoms with Gasteiger partial charge in [-0.15, -0.1) is 5.10 Å². The molecule has 10 heteroatoms. The number of nitrogens with zero attached hydrogens (tertiary/aromatic N) is 3. The third-order valence-electron chi connectivity index (χ3n) is 6.03. The Morgan fingerprint density at radius 1 is 1.14 bits per heavy atom. The van der Waals surface area contributed by atoms with E-state index in [-0.39, 0.29) is 0 Å². The van der Waals surface area contributed by atoms with Crippen LogP contribution in [-0.2, 0) is 11.3 Å². The van der Waals surface area contributed by atoms with Gasteiger partial charge in [0.25, 0.3) is 0 Å². The van der Waals surface area contributed by atoms with Crippen LogP contribution in [0.25, 0.3) is 17.0 Å². The van der Waals surface area contributed by atoms with Gasteiger partial charge in [0.05, 0.1) is 12.3 Å². The number of aromatic nitrogens is 4. The molecule has 0 spiro atoms. The van der Waals surface area contributed by atoms with Gasteiger partial charge in [-0.2, -0.15) is 8.84 Å². The molecule has 4 aromatic rings. The summed E-state index contributed by atoms with van der Waals surface area (Å²) in [5, 5.41) is 8.02. The lowest BCUT2D eigenvalue weighted by Gasteiger charge is -2.18. The highest BCUT2D eigenvalue weighted by molar-refractivity contribution is 7.82. The summed E-state index contributed by atoms with van der Waals surface area (Å²) in [5.41, 5.74) is 3.82. The number of H-pyrrole nitrogens is 1. The fraction of sp³-hybridized carbons (Fsp3) is 0.385. The van der Waals surface area contributed by atoms with Crippen molar-refractivity contribution in [2.75, 3.05) is 11.3 Å². The van der Waals surface area contributed by atoms with Crippen molar-refractivity contribution in [1.82, 2.24) is 19.8 Å². The molecule has 2 aromatic carbocycles. The van der Waals surface area contributed by atoms with Crippen molar-refractivity contribution in [2.45, 2.75) is 53.4 Å². The number of hydrogen-bond donors (Lipinski definition) is 2. The normalized spacial score (nSPS) is 13.0. The zero-order chi connectivity index (χ0) is 25.7. The van der Waals surface area contributed by atoms with Crippen molar-refractivity contribution >= 4 is 34.2 Å². The van der Waals surface area contributed by atoms with E-state index in [4.69, 9.17) is 20.5 Å². The highest BCUT2D eigenvalue weighted by Crippen LogP contribution is 2.30. The molecule has 0 aliphatic heterocycles. The molecule has 0 bridgehead atoms. The molecule has 0 amide bonds. The Hall–Kier alpha value is -3.04. The lowest BCUT2D eigenvalue weighted by atomic mass is 10.0. The molecule has 4 rings (SSSR count). The number of anilines is 1. The van der Waals surface area contributed by atoms with Gasteiger partial charge in [0, 0.05) is 11.3 Å². The first-order chi connectivity index (χ1) is 17.4. The van der Waals surface area contributed by atoms with Crippen LogP contribution >= 0.6 is 11.6 Å². The zero-order valence-electron chi connectivity index (χ0n) is 21.0. The Balaban J connectivity index is 1.40. The molecule has 2 unspecified atom stereocenters. The molecule has 2 heterocycles. The Labute approximate surface area is 219 Å². The van der Waals surface area contributed by atoms with Crippen LogP contribution in [0, 0.1) is 19.8 Å². The summed E-state index contributed by atoms with van der Waals surface area (Å²) in [4.78, 5) is 4.49. The van der Waals surface area contributed by atoms with Crippen LogP contribution in [0.3, 0.4) is 0 Å². The number of rotatable bonds is 12. The summed E-state index contributed by atoms with van der Waals surface area (Å²) in [6.45, 7) is 8.81. The predicted octanol–water partition coefficient (Wildman–Crippen LogP) is 6.66. The highest BCUT2D eigenvalue weighted by atomic mass is 35.5. The number of benzene rings is 2. The Morgan fingerprint density at radius 2 is 1.92 bits per heavy atom. The van der Waals surface area contributed by atoms with Crippen LogP contribution < -0.4 is 13.6 Å². The summed E-state index contributed by atoms with van der Waals surface area (Å²) < 4.78 is 29.0. The topological polar surface area (TPSA) is 93.5 Å². The van der Waals surface area contributed by atoms with Crippen molar-refractivity contribution in [3.8, 4) is 22.9 Å². The lowest BCUT2D eigenvalue weighted by Crippen LogP contribution is -2.14. The van der Waals surface area contributed by atoms with E-state index in [0.717, 1.165) is 29.7 Å². The zero-order valence-corrected chi connectivity index (χ0v) is 22.6. The minimum Gasteiger partial charge on any atom is -0.489 e. The van der Waals surface area contributed by atoms with Gasteiger partial charge in [-0.25, -0.2) is 4.98 Å². The molecule has 2 N–H and O–H groups in total. The van der Waals surface area contributed by atoms with E-state index in [9.17, 15) is 4.21 Å². The van der Waals surface area contributed by atoms with Gasteiger partial charge < -0.3 is 8.92 Å². The lowest BCUT2D eigenvalue weighted by molar-refractivity contribution is 0.229. The monoisotopic (exact) mass is 529 g/mol. The van der Waals surface area contributed by atoms with Gasteiger partial charge in [-0.1, -0.05) is 50.8 Å². The fourth-order valence-electron chi connectivity index (χ4n) is 3.82. The Bertz CT molecular complexity index is 1340. The van der Waals surface area contributed by atoms with Crippen LogP contribution in [0.15, 0.2) is 42.5 Å². The summed E-state index contributed by atoms with van der Waals surface area (Å²) >= 11 is 4.44. The van der Waals surface area contributed by atoms with Gasteiger partial charge in [0.1, 0.15) is 5.02 Å². The van der Waals surface area contributed by atoms with Crippen LogP contribution in [0.5, 0.6) is 11.5 Å². The molecular weight excluding hydrogens is 498 g/mol. The molecule has 0 fully saturated rings. The van der Waals surface area contributed by atoms with Gasteiger partial charge in [-0.05, 0) is 68.1 Å². The van der Waals surface area contributed by atoms with Crippen molar-refractivity contribution in [3.05, 3.63) is 58.7 Å². The fourth-order valence-corrected chi connectivity index (χ4v) is 4.65. The molecule has 8 nitrogen and oxygen atoms in total. The Kier molecular flexibility index (Phi) is 8.53. The van der Waals surface area contributed by atoms with Crippen molar-refractivity contribution in [2.24, 2.45) is 5.92 Å². The first kappa shape index (κ1) is 26.0. The minimum atomic E-state index is -1.81. The summed E-state index contributed by atoms with van der Waals surface area (Å²) in [5.74, 6) is 2.07. The molecule has 0 radical (unpaired) electrons. The van der Waals surface area contributed by atoms with Crippen molar-refractivity contribution < 1.29 is 13.1 Å². The highest BCUT2D eigenvalue weighted by Gasteiger charge is 2.15. The maximum atomic E-state index is 12.8. The minimum absolute atomic E-state index is 0.451. The molecule has 2 aromatic heterocycles. The molecule has 0 saturated heterocycles. The SMILES string of the molecule is CCCCC(CC)COc1ccc(C)cc1OS(=O)Nc1ccc(-c2nc3c(Cl)c(C)[nH]n3n2)cc1.